The number of benzene rings is 2. The van der Waals surface area contributed by atoms with Gasteiger partial charge in [-0.3, -0.25) is 14.4 Å². The summed E-state index contributed by atoms with van der Waals surface area (Å²) in [5, 5.41) is 19.3. The van der Waals surface area contributed by atoms with Crippen LogP contribution in [0.3, 0.4) is 0 Å². The molecular weight excluding hydrogens is 544 g/mol. The summed E-state index contributed by atoms with van der Waals surface area (Å²) in [6, 6.07) is 16.7. The van der Waals surface area contributed by atoms with Gasteiger partial charge in [0, 0.05) is 20.1 Å². The van der Waals surface area contributed by atoms with E-state index in [1.165, 1.54) is 31.4 Å². The summed E-state index contributed by atoms with van der Waals surface area (Å²) in [6.07, 6.45) is 4.47. The third-order valence-corrected chi connectivity index (χ3v) is 7.33. The standard InChI is InChI=1S/C24H36N4O5.C8H10.C2H6/c1-24(2,32)21-22(30)27-15-19(29)25-12-6-8-16-7-4-5-9-18(16)33-14-13-26-20(17-10-11-17)23(31)28(21)3;1-2-8-6-4-3-5-7-8;1-2/h4-5,7,9,17,20-21,26,32H,6,8,10-15H2,1-3H3,(H,25,29)(H,27,30);3-7H,2H2,1H3;1-2H3. The average molecular weight is 597 g/mol. The third kappa shape index (κ3) is 12.0. The molecule has 0 bridgehead atoms. The van der Waals surface area contributed by atoms with Crippen LogP contribution in [0.1, 0.15) is 65.0 Å². The molecule has 4 rings (SSSR count). The maximum atomic E-state index is 13.3. The minimum Gasteiger partial charge on any atom is -0.492 e. The highest BCUT2D eigenvalue weighted by Crippen LogP contribution is 2.34. The molecule has 1 aliphatic carbocycles. The molecule has 1 fully saturated rings. The Hall–Kier alpha value is -3.43. The molecule has 2 aliphatic rings. The van der Waals surface area contributed by atoms with E-state index in [9.17, 15) is 19.5 Å². The predicted octanol–water partition coefficient (Wildman–Crippen LogP) is 3.49. The van der Waals surface area contributed by atoms with E-state index >= 15 is 0 Å². The summed E-state index contributed by atoms with van der Waals surface area (Å²) in [6.45, 7) is 10.2. The fraction of sp³-hybridized carbons (Fsp3) is 0.559. The second kappa shape index (κ2) is 18.3. The molecule has 0 aromatic heterocycles. The van der Waals surface area contributed by atoms with Gasteiger partial charge in [0.15, 0.2) is 0 Å². The third-order valence-electron chi connectivity index (χ3n) is 7.33. The van der Waals surface area contributed by atoms with Crippen molar-refractivity contribution in [3.8, 4) is 5.75 Å². The number of likely N-dealkylation sites (N-methyl/N-ethyl adjacent to an activating group) is 1. The topological polar surface area (TPSA) is 120 Å². The van der Waals surface area contributed by atoms with Crippen LogP contribution in [0.25, 0.3) is 0 Å². The van der Waals surface area contributed by atoms with Crippen LogP contribution in [-0.4, -0.2) is 78.7 Å². The molecule has 9 nitrogen and oxygen atoms in total. The van der Waals surface area contributed by atoms with Crippen molar-refractivity contribution >= 4 is 17.7 Å². The normalized spacial score (nSPS) is 20.7. The summed E-state index contributed by atoms with van der Waals surface area (Å²) >= 11 is 0. The monoisotopic (exact) mass is 596 g/mol. The Morgan fingerprint density at radius 3 is 2.21 bits per heavy atom. The molecule has 0 radical (unpaired) electrons. The zero-order chi connectivity index (χ0) is 31.8. The van der Waals surface area contributed by atoms with Gasteiger partial charge in [-0.05, 0) is 69.1 Å². The van der Waals surface area contributed by atoms with Crippen LogP contribution >= 0.6 is 0 Å². The molecule has 2 aromatic carbocycles. The second-order valence-corrected chi connectivity index (χ2v) is 11.2. The smallest absolute Gasteiger partial charge is 0.246 e. The highest BCUT2D eigenvalue weighted by molar-refractivity contribution is 5.92. The Labute approximate surface area is 257 Å². The zero-order valence-corrected chi connectivity index (χ0v) is 26.8. The van der Waals surface area contributed by atoms with E-state index in [0.29, 0.717) is 19.7 Å². The average Bonchev–Trinajstić information content (AvgIpc) is 3.84. The summed E-state index contributed by atoms with van der Waals surface area (Å²) < 4.78 is 5.98. The first-order valence-electron chi connectivity index (χ1n) is 15.6. The van der Waals surface area contributed by atoms with Crippen LogP contribution in [0, 0.1) is 5.92 Å². The highest BCUT2D eigenvalue weighted by atomic mass is 16.5. The number of aryl methyl sites for hydroxylation is 2. The molecule has 0 spiro atoms. The van der Waals surface area contributed by atoms with Crippen molar-refractivity contribution in [2.24, 2.45) is 5.92 Å². The van der Waals surface area contributed by atoms with Crippen molar-refractivity contribution in [3.05, 3.63) is 65.7 Å². The zero-order valence-electron chi connectivity index (χ0n) is 26.8. The van der Waals surface area contributed by atoms with Crippen LogP contribution in [0.15, 0.2) is 54.6 Å². The number of nitrogens with one attached hydrogen (secondary N) is 3. The molecule has 2 unspecified atom stereocenters. The van der Waals surface area contributed by atoms with Gasteiger partial charge >= 0.3 is 0 Å². The summed E-state index contributed by atoms with van der Waals surface area (Å²) in [4.78, 5) is 39.7. The Bertz CT molecular complexity index is 1130. The van der Waals surface area contributed by atoms with Crippen molar-refractivity contribution in [2.75, 3.05) is 33.3 Å². The molecule has 3 amide bonds. The first-order chi connectivity index (χ1) is 20.6. The van der Waals surface area contributed by atoms with Gasteiger partial charge in [0.1, 0.15) is 18.4 Å². The number of amides is 3. The Morgan fingerprint density at radius 2 is 1.60 bits per heavy atom. The molecule has 2 aromatic rings. The maximum Gasteiger partial charge on any atom is 0.246 e. The first-order valence-corrected chi connectivity index (χ1v) is 15.6. The van der Waals surface area contributed by atoms with Crippen LogP contribution in [0.5, 0.6) is 5.75 Å². The molecule has 9 heteroatoms. The van der Waals surface area contributed by atoms with Crippen LogP contribution < -0.4 is 20.7 Å². The largest absolute Gasteiger partial charge is 0.492 e. The molecule has 43 heavy (non-hydrogen) atoms. The lowest BCUT2D eigenvalue weighted by Crippen LogP contribution is -2.62. The number of para-hydroxylation sites is 1. The predicted molar refractivity (Wildman–Crippen MR) is 171 cm³/mol. The van der Waals surface area contributed by atoms with Crippen molar-refractivity contribution in [2.45, 2.75) is 84.4 Å². The minimum absolute atomic E-state index is 0.189. The summed E-state index contributed by atoms with van der Waals surface area (Å²) in [5.74, 6) is -0.163. The first kappa shape index (κ1) is 35.8. The van der Waals surface area contributed by atoms with Crippen molar-refractivity contribution < 1.29 is 24.2 Å². The number of hydrogen-bond acceptors (Lipinski definition) is 6. The Kier molecular flexibility index (Phi) is 15.2. The van der Waals surface area contributed by atoms with Crippen LogP contribution in [-0.2, 0) is 27.2 Å². The quantitative estimate of drug-likeness (QED) is 0.431. The number of carbonyl (C=O) groups excluding carboxylic acids is 3. The van der Waals surface area contributed by atoms with E-state index in [0.717, 1.165) is 43.4 Å². The summed E-state index contributed by atoms with van der Waals surface area (Å²) in [5.41, 5.74) is 0.975. The summed E-state index contributed by atoms with van der Waals surface area (Å²) in [7, 11) is 1.52. The van der Waals surface area contributed by atoms with E-state index < -0.39 is 23.6 Å². The van der Waals surface area contributed by atoms with E-state index in [2.05, 4.69) is 47.1 Å². The lowest BCUT2D eigenvalue weighted by molar-refractivity contribution is -0.149. The number of aliphatic hydroxyl groups is 1. The number of carbonyl (C=O) groups is 3. The van der Waals surface area contributed by atoms with E-state index in [-0.39, 0.29) is 24.3 Å². The van der Waals surface area contributed by atoms with E-state index in [1.54, 1.807) is 0 Å². The van der Waals surface area contributed by atoms with Gasteiger partial charge in [-0.1, -0.05) is 69.3 Å². The number of nitrogens with zero attached hydrogens (tertiary/aromatic N) is 1. The number of fused-ring (bicyclic) bond motifs is 1. The molecule has 4 N–H and O–H groups in total. The van der Waals surface area contributed by atoms with Crippen LogP contribution in [0.2, 0.25) is 0 Å². The molecule has 1 saturated carbocycles. The number of rotatable bonds is 3. The highest BCUT2D eigenvalue weighted by Gasteiger charge is 2.44. The molecule has 0 saturated heterocycles. The van der Waals surface area contributed by atoms with Crippen LogP contribution in [0.4, 0.5) is 0 Å². The Balaban J connectivity index is 0.000000550. The van der Waals surface area contributed by atoms with Gasteiger partial charge in [-0.2, -0.15) is 0 Å². The van der Waals surface area contributed by atoms with Crippen molar-refractivity contribution in [1.29, 1.82) is 0 Å². The van der Waals surface area contributed by atoms with E-state index in [4.69, 9.17) is 4.74 Å². The molecule has 2 atom stereocenters. The lowest BCUT2D eigenvalue weighted by Gasteiger charge is -2.37. The molecule has 1 aliphatic heterocycles. The number of ether oxygens (including phenoxy) is 1. The van der Waals surface area contributed by atoms with E-state index in [1.807, 2.05) is 44.2 Å². The van der Waals surface area contributed by atoms with Crippen molar-refractivity contribution in [3.63, 3.8) is 0 Å². The fourth-order valence-electron chi connectivity index (χ4n) is 4.98. The maximum absolute atomic E-state index is 13.3. The lowest BCUT2D eigenvalue weighted by atomic mass is 9.95. The van der Waals surface area contributed by atoms with Gasteiger partial charge in [0.25, 0.3) is 0 Å². The van der Waals surface area contributed by atoms with Crippen molar-refractivity contribution in [1.82, 2.24) is 20.9 Å². The molecule has 1 heterocycles. The van der Waals surface area contributed by atoms with Gasteiger partial charge in [0.05, 0.1) is 18.2 Å². The molecular formula is C34H52N4O5. The SMILES string of the molecule is CC.CCc1ccccc1.CN1C(=O)C(C2CC2)NCCOc2ccccc2CCCNC(=O)CNC(=O)C1C(C)(C)O. The molecule has 238 valence electrons. The van der Waals surface area contributed by atoms with Gasteiger partial charge in [-0.25, -0.2) is 0 Å². The second-order valence-electron chi connectivity index (χ2n) is 11.2. The van der Waals surface area contributed by atoms with Gasteiger partial charge < -0.3 is 30.7 Å². The Morgan fingerprint density at radius 1 is 0.953 bits per heavy atom. The number of hydrogen-bond donors (Lipinski definition) is 4. The minimum atomic E-state index is -1.49. The fourth-order valence-corrected chi connectivity index (χ4v) is 4.98. The van der Waals surface area contributed by atoms with Gasteiger partial charge in [0.2, 0.25) is 17.7 Å². The van der Waals surface area contributed by atoms with Gasteiger partial charge in [-0.15, -0.1) is 0 Å².